The SMILES string of the molecule is C=CC(=O)N1CCC(n2cc(C#Cc3c(F)cc4sc(C)nc4c3F)c3c(N)ncnc32)C1. The lowest BCUT2D eigenvalue weighted by Crippen LogP contribution is -2.27. The van der Waals surface area contributed by atoms with Crippen LogP contribution < -0.4 is 5.73 Å². The quantitative estimate of drug-likeness (QED) is 0.362. The van der Waals surface area contributed by atoms with Gasteiger partial charge in [0.25, 0.3) is 0 Å². The number of rotatable bonds is 2. The van der Waals surface area contributed by atoms with Crippen molar-refractivity contribution in [2.45, 2.75) is 19.4 Å². The van der Waals surface area contributed by atoms with Gasteiger partial charge in [-0.2, -0.15) is 0 Å². The van der Waals surface area contributed by atoms with Crippen LogP contribution in [-0.2, 0) is 4.79 Å². The molecule has 0 spiro atoms. The molecule has 1 amide bonds. The first-order chi connectivity index (χ1) is 15.9. The Kier molecular flexibility index (Phi) is 5.06. The van der Waals surface area contributed by atoms with E-state index in [2.05, 4.69) is 33.4 Å². The van der Waals surface area contributed by atoms with Gasteiger partial charge in [0.2, 0.25) is 5.91 Å². The summed E-state index contributed by atoms with van der Waals surface area (Å²) in [5, 5.41) is 1.15. The van der Waals surface area contributed by atoms with Crippen LogP contribution in [0.25, 0.3) is 21.3 Å². The molecule has 33 heavy (non-hydrogen) atoms. The van der Waals surface area contributed by atoms with Crippen LogP contribution in [0.2, 0.25) is 0 Å². The first-order valence-electron chi connectivity index (χ1n) is 10.2. The number of anilines is 1. The van der Waals surface area contributed by atoms with E-state index < -0.39 is 11.6 Å². The Balaban J connectivity index is 1.60. The molecule has 4 heterocycles. The molecule has 0 saturated carbocycles. The number of nitrogens with zero attached hydrogens (tertiary/aromatic N) is 5. The summed E-state index contributed by atoms with van der Waals surface area (Å²) in [6.07, 6.45) is 5.10. The van der Waals surface area contributed by atoms with E-state index in [1.165, 1.54) is 29.8 Å². The molecule has 1 saturated heterocycles. The molecule has 7 nitrogen and oxygen atoms in total. The third-order valence-corrected chi connectivity index (χ3v) is 6.61. The summed E-state index contributed by atoms with van der Waals surface area (Å²) < 4.78 is 31.9. The largest absolute Gasteiger partial charge is 0.383 e. The summed E-state index contributed by atoms with van der Waals surface area (Å²) in [4.78, 5) is 26.2. The van der Waals surface area contributed by atoms with Crippen LogP contribution >= 0.6 is 11.3 Å². The monoisotopic (exact) mass is 464 g/mol. The Morgan fingerprint density at radius 1 is 1.36 bits per heavy atom. The molecule has 1 unspecified atom stereocenters. The number of nitrogens with two attached hydrogens (primary N) is 1. The van der Waals surface area contributed by atoms with Gasteiger partial charge in [0.05, 0.1) is 32.3 Å². The molecule has 1 aliphatic heterocycles. The van der Waals surface area contributed by atoms with Crippen LogP contribution in [0.1, 0.15) is 28.6 Å². The molecule has 10 heteroatoms. The third-order valence-electron chi connectivity index (χ3n) is 5.69. The number of carbonyl (C=O) groups is 1. The smallest absolute Gasteiger partial charge is 0.246 e. The first-order valence-corrected chi connectivity index (χ1v) is 11.0. The van der Waals surface area contributed by atoms with E-state index in [4.69, 9.17) is 5.73 Å². The van der Waals surface area contributed by atoms with Gasteiger partial charge in [-0.25, -0.2) is 23.7 Å². The zero-order valence-corrected chi connectivity index (χ0v) is 18.4. The third kappa shape index (κ3) is 3.50. The Bertz CT molecular complexity index is 1510. The Hall–Kier alpha value is -3.84. The van der Waals surface area contributed by atoms with Crippen molar-refractivity contribution >= 4 is 44.3 Å². The Morgan fingerprint density at radius 3 is 2.97 bits per heavy atom. The highest BCUT2D eigenvalue weighted by atomic mass is 32.1. The van der Waals surface area contributed by atoms with Crippen molar-refractivity contribution in [3.63, 3.8) is 0 Å². The Morgan fingerprint density at radius 2 is 2.18 bits per heavy atom. The maximum Gasteiger partial charge on any atom is 0.246 e. The average molecular weight is 465 g/mol. The van der Waals surface area contributed by atoms with Crippen LogP contribution in [0.3, 0.4) is 0 Å². The molecule has 0 aliphatic carbocycles. The minimum atomic E-state index is -0.788. The standard InChI is InChI=1S/C23H18F2N6OS/c1-3-18(32)30-7-6-14(10-30)31-9-13(19-22(26)27-11-28-23(19)31)4-5-15-16(24)8-17-21(20(15)25)29-12(2)33-17/h3,8-9,11,14H,1,6-7,10H2,2H3,(H2,26,27,28). The second kappa shape index (κ2) is 7.94. The number of halogens is 2. The van der Waals surface area contributed by atoms with E-state index in [0.29, 0.717) is 45.8 Å². The fourth-order valence-electron chi connectivity index (χ4n) is 4.13. The Labute approximate surface area is 191 Å². The summed E-state index contributed by atoms with van der Waals surface area (Å²) in [7, 11) is 0. The number of thiazole rings is 1. The van der Waals surface area contributed by atoms with Crippen LogP contribution in [0.4, 0.5) is 14.6 Å². The van der Waals surface area contributed by atoms with E-state index in [9.17, 15) is 13.6 Å². The van der Waals surface area contributed by atoms with Gasteiger partial charge in [-0.3, -0.25) is 4.79 Å². The van der Waals surface area contributed by atoms with Crippen LogP contribution in [-0.4, -0.2) is 43.4 Å². The van der Waals surface area contributed by atoms with Gasteiger partial charge in [-0.05, 0) is 25.5 Å². The van der Waals surface area contributed by atoms with E-state index in [1.54, 1.807) is 18.0 Å². The predicted molar refractivity (Wildman–Crippen MR) is 123 cm³/mol. The molecule has 5 rings (SSSR count). The van der Waals surface area contributed by atoms with Gasteiger partial charge in [0, 0.05) is 19.3 Å². The van der Waals surface area contributed by atoms with Gasteiger partial charge >= 0.3 is 0 Å². The number of hydrogen-bond acceptors (Lipinski definition) is 6. The summed E-state index contributed by atoms with van der Waals surface area (Å²) in [5.41, 5.74) is 6.86. The van der Waals surface area contributed by atoms with Crippen molar-refractivity contribution < 1.29 is 13.6 Å². The summed E-state index contributed by atoms with van der Waals surface area (Å²) >= 11 is 1.22. The number of likely N-dealkylation sites (tertiary alicyclic amines) is 1. The second-order valence-electron chi connectivity index (χ2n) is 7.72. The number of aromatic nitrogens is 4. The fraction of sp³-hybridized carbons (Fsp3) is 0.217. The summed E-state index contributed by atoms with van der Waals surface area (Å²) in [6.45, 7) is 6.34. The number of hydrogen-bond donors (Lipinski definition) is 1. The van der Waals surface area contributed by atoms with Crippen LogP contribution in [0, 0.1) is 30.4 Å². The lowest BCUT2D eigenvalue weighted by molar-refractivity contribution is -0.125. The predicted octanol–water partition coefficient (Wildman–Crippen LogP) is 3.57. The molecule has 1 aromatic carbocycles. The molecule has 0 bridgehead atoms. The topological polar surface area (TPSA) is 89.9 Å². The molecule has 4 aromatic rings. The normalized spacial score (nSPS) is 15.7. The van der Waals surface area contributed by atoms with Gasteiger partial charge in [-0.1, -0.05) is 18.4 Å². The number of nitrogen functional groups attached to an aromatic ring is 1. The lowest BCUT2D eigenvalue weighted by Gasteiger charge is -2.15. The van der Waals surface area contributed by atoms with Gasteiger partial charge < -0.3 is 15.2 Å². The maximum atomic E-state index is 14.9. The number of benzene rings is 1. The second-order valence-corrected chi connectivity index (χ2v) is 8.95. The highest BCUT2D eigenvalue weighted by Gasteiger charge is 2.28. The molecule has 1 atom stereocenters. The zero-order valence-electron chi connectivity index (χ0n) is 17.6. The van der Waals surface area contributed by atoms with Gasteiger partial charge in [-0.15, -0.1) is 11.3 Å². The summed E-state index contributed by atoms with van der Waals surface area (Å²) in [6, 6.07) is 1.20. The number of amides is 1. The molecular weight excluding hydrogens is 446 g/mol. The van der Waals surface area contributed by atoms with Gasteiger partial charge in [0.15, 0.2) is 5.82 Å². The van der Waals surface area contributed by atoms with Crippen molar-refractivity contribution in [1.29, 1.82) is 0 Å². The highest BCUT2D eigenvalue weighted by molar-refractivity contribution is 7.18. The van der Waals surface area contributed by atoms with E-state index in [1.807, 2.05) is 4.57 Å². The van der Waals surface area contributed by atoms with E-state index in [0.717, 1.165) is 0 Å². The molecule has 1 fully saturated rings. The molecular formula is C23H18F2N6OS. The first kappa shape index (κ1) is 21.0. The fourth-order valence-corrected chi connectivity index (χ4v) is 4.98. The lowest BCUT2D eigenvalue weighted by atomic mass is 10.1. The molecule has 3 aromatic heterocycles. The molecule has 1 aliphatic rings. The highest BCUT2D eigenvalue weighted by Crippen LogP contribution is 2.31. The van der Waals surface area contributed by atoms with Crippen molar-refractivity contribution in [3.05, 3.63) is 59.0 Å². The number of fused-ring (bicyclic) bond motifs is 2. The van der Waals surface area contributed by atoms with Crippen molar-refractivity contribution in [2.24, 2.45) is 0 Å². The van der Waals surface area contributed by atoms with Crippen LogP contribution in [0.15, 0.2) is 31.2 Å². The van der Waals surface area contributed by atoms with Gasteiger partial charge in [0.1, 0.15) is 29.1 Å². The molecule has 0 radical (unpaired) electrons. The van der Waals surface area contributed by atoms with Crippen molar-refractivity contribution in [1.82, 2.24) is 24.4 Å². The molecule has 166 valence electrons. The zero-order chi connectivity index (χ0) is 23.3. The maximum absolute atomic E-state index is 14.9. The van der Waals surface area contributed by atoms with Crippen LogP contribution in [0.5, 0.6) is 0 Å². The van der Waals surface area contributed by atoms with Crippen molar-refractivity contribution in [2.75, 3.05) is 18.8 Å². The number of carbonyl (C=O) groups excluding carboxylic acids is 1. The summed E-state index contributed by atoms with van der Waals surface area (Å²) in [5.74, 6) is 4.01. The van der Waals surface area contributed by atoms with E-state index in [-0.39, 0.29) is 28.8 Å². The molecule has 2 N–H and O–H groups in total. The number of aryl methyl sites for hydroxylation is 1. The van der Waals surface area contributed by atoms with Crippen molar-refractivity contribution in [3.8, 4) is 11.8 Å². The average Bonchev–Trinajstić information content (AvgIpc) is 3.50. The minimum absolute atomic E-state index is 0.0518. The van der Waals surface area contributed by atoms with E-state index >= 15 is 0 Å². The minimum Gasteiger partial charge on any atom is -0.383 e.